The van der Waals surface area contributed by atoms with Crippen molar-refractivity contribution in [1.29, 1.82) is 5.26 Å². The Morgan fingerprint density at radius 1 is 1.25 bits per heavy atom. The first kappa shape index (κ1) is 21.0. The highest BCUT2D eigenvalue weighted by Crippen LogP contribution is 2.39. The summed E-state index contributed by atoms with van der Waals surface area (Å²) in [6.45, 7) is 2.65. The molecule has 0 bridgehead atoms. The number of anilines is 1. The number of fused-ring (bicyclic) bond motifs is 1. The van der Waals surface area contributed by atoms with Gasteiger partial charge in [0.1, 0.15) is 11.1 Å². The van der Waals surface area contributed by atoms with E-state index in [2.05, 4.69) is 18.3 Å². The summed E-state index contributed by atoms with van der Waals surface area (Å²) in [5.74, 6) is 0.0664. The van der Waals surface area contributed by atoms with Crippen molar-refractivity contribution in [1.82, 2.24) is 0 Å². The predicted octanol–water partition coefficient (Wildman–Crippen LogP) is 6.63. The number of hydrogen-bond donors (Lipinski definition) is 1. The largest absolute Gasteiger partial charge is 0.490 e. The topological polar surface area (TPSA) is 62.1 Å². The zero-order valence-electron chi connectivity index (χ0n) is 15.7. The maximum absolute atomic E-state index is 12.7. The molecule has 0 spiro atoms. The van der Waals surface area contributed by atoms with Gasteiger partial charge in [-0.3, -0.25) is 4.79 Å². The van der Waals surface area contributed by atoms with Crippen molar-refractivity contribution in [2.75, 3.05) is 11.9 Å². The quantitative estimate of drug-likeness (QED) is 0.495. The number of aryl methyl sites for hydroxylation is 1. The second-order valence-corrected chi connectivity index (χ2v) is 8.73. The molecule has 0 fully saturated rings. The van der Waals surface area contributed by atoms with E-state index in [1.165, 1.54) is 16.2 Å². The molecule has 1 aliphatic rings. The first-order valence-corrected chi connectivity index (χ1v) is 11.1. The first-order valence-electron chi connectivity index (χ1n) is 9.53. The van der Waals surface area contributed by atoms with E-state index in [-0.39, 0.29) is 5.91 Å². The number of nitrogens with one attached hydrogen (secondary N) is 1. The smallest absolute Gasteiger partial charge is 0.256 e. The van der Waals surface area contributed by atoms with Gasteiger partial charge >= 0.3 is 0 Å². The summed E-state index contributed by atoms with van der Waals surface area (Å²) in [4.78, 5) is 13.9. The first-order chi connectivity index (χ1) is 13.5. The van der Waals surface area contributed by atoms with Crippen LogP contribution in [0.25, 0.3) is 0 Å². The summed E-state index contributed by atoms with van der Waals surface area (Å²) >= 11 is 14.1. The van der Waals surface area contributed by atoms with Gasteiger partial charge < -0.3 is 10.1 Å². The fourth-order valence-electron chi connectivity index (χ4n) is 3.30. The minimum atomic E-state index is -0.337. The summed E-state index contributed by atoms with van der Waals surface area (Å²) in [7, 11) is 0. The Hall–Kier alpha value is -1.74. The average molecular weight is 437 g/mol. The lowest BCUT2D eigenvalue weighted by Gasteiger charge is -2.12. The second kappa shape index (κ2) is 9.65. The molecule has 3 rings (SSSR count). The number of nitriles is 1. The summed E-state index contributed by atoms with van der Waals surface area (Å²) < 4.78 is 5.68. The highest BCUT2D eigenvalue weighted by Gasteiger charge is 2.23. The number of thiophene rings is 1. The molecule has 148 valence electrons. The lowest BCUT2D eigenvalue weighted by Crippen LogP contribution is -2.12. The van der Waals surface area contributed by atoms with Crippen molar-refractivity contribution in [2.45, 2.75) is 51.9 Å². The summed E-state index contributed by atoms with van der Waals surface area (Å²) in [5.41, 5.74) is 2.01. The van der Waals surface area contributed by atoms with Crippen LogP contribution in [0.4, 0.5) is 5.00 Å². The third-order valence-corrected chi connectivity index (χ3v) is 6.53. The van der Waals surface area contributed by atoms with Crippen LogP contribution in [-0.2, 0) is 12.8 Å². The van der Waals surface area contributed by atoms with Gasteiger partial charge in [-0.05, 0) is 49.8 Å². The van der Waals surface area contributed by atoms with E-state index >= 15 is 0 Å². The van der Waals surface area contributed by atoms with E-state index in [0.717, 1.165) is 50.5 Å². The molecule has 2 aromatic rings. The maximum Gasteiger partial charge on any atom is 0.256 e. The van der Waals surface area contributed by atoms with Crippen LogP contribution >= 0.6 is 34.5 Å². The summed E-state index contributed by atoms with van der Waals surface area (Å²) in [6, 6.07) is 5.36. The molecular formula is C21H22Cl2N2O2S. The molecule has 28 heavy (non-hydrogen) atoms. The Balaban J connectivity index is 1.76. The van der Waals surface area contributed by atoms with Crippen LogP contribution in [0, 0.1) is 11.3 Å². The van der Waals surface area contributed by atoms with Crippen molar-refractivity contribution >= 4 is 45.4 Å². The van der Waals surface area contributed by atoms with Crippen LogP contribution in [0.15, 0.2) is 12.1 Å². The molecule has 4 nitrogen and oxygen atoms in total. The van der Waals surface area contributed by atoms with E-state index < -0.39 is 0 Å². The number of hydrogen-bond acceptors (Lipinski definition) is 4. The zero-order valence-corrected chi connectivity index (χ0v) is 18.1. The third-order valence-electron chi connectivity index (χ3n) is 4.76. The SMILES string of the molecule is CCCCCOc1c(Cl)cc(C(=O)Nc2sc3c(c2C#N)CCCC3)cc1Cl. The van der Waals surface area contributed by atoms with Gasteiger partial charge in [-0.2, -0.15) is 5.26 Å². The molecule has 1 heterocycles. The van der Waals surface area contributed by atoms with E-state index in [4.69, 9.17) is 27.9 Å². The Morgan fingerprint density at radius 3 is 2.64 bits per heavy atom. The van der Waals surface area contributed by atoms with E-state index in [9.17, 15) is 10.1 Å². The zero-order chi connectivity index (χ0) is 20.1. The van der Waals surface area contributed by atoms with Crippen molar-refractivity contribution in [3.63, 3.8) is 0 Å². The Morgan fingerprint density at radius 2 is 1.96 bits per heavy atom. The van der Waals surface area contributed by atoms with Crippen LogP contribution in [0.2, 0.25) is 10.0 Å². The Labute approximate surface area is 179 Å². The molecule has 1 aliphatic carbocycles. The number of ether oxygens (including phenoxy) is 1. The molecule has 0 aliphatic heterocycles. The Bertz CT molecular complexity index is 895. The van der Waals surface area contributed by atoms with E-state index in [1.807, 2.05) is 0 Å². The molecule has 1 aromatic carbocycles. The van der Waals surface area contributed by atoms with Gasteiger partial charge in [0, 0.05) is 10.4 Å². The molecule has 0 atom stereocenters. The number of nitrogens with zero attached hydrogens (tertiary/aromatic N) is 1. The van der Waals surface area contributed by atoms with Gasteiger partial charge in [-0.25, -0.2) is 0 Å². The van der Waals surface area contributed by atoms with Crippen LogP contribution in [0.5, 0.6) is 5.75 Å². The minimum Gasteiger partial charge on any atom is -0.490 e. The Kier molecular flexibility index (Phi) is 7.23. The lowest BCUT2D eigenvalue weighted by molar-refractivity contribution is 0.102. The number of amides is 1. The summed E-state index contributed by atoms with van der Waals surface area (Å²) in [5, 5.41) is 13.6. The molecule has 0 radical (unpaired) electrons. The normalized spacial score (nSPS) is 12.9. The number of carbonyl (C=O) groups excluding carboxylic acids is 1. The van der Waals surface area contributed by atoms with Gasteiger partial charge in [0.2, 0.25) is 0 Å². The van der Waals surface area contributed by atoms with Crippen molar-refractivity contribution < 1.29 is 9.53 Å². The molecule has 0 saturated carbocycles. The maximum atomic E-state index is 12.7. The van der Waals surface area contributed by atoms with Crippen LogP contribution in [-0.4, -0.2) is 12.5 Å². The molecule has 7 heteroatoms. The monoisotopic (exact) mass is 436 g/mol. The van der Waals surface area contributed by atoms with Crippen LogP contribution in [0.1, 0.15) is 65.4 Å². The lowest BCUT2D eigenvalue weighted by atomic mass is 9.96. The minimum absolute atomic E-state index is 0.306. The molecule has 0 saturated heterocycles. The van der Waals surface area contributed by atoms with Gasteiger partial charge in [0.25, 0.3) is 5.91 Å². The van der Waals surface area contributed by atoms with Crippen molar-refractivity contribution in [3.05, 3.63) is 43.7 Å². The number of benzene rings is 1. The van der Waals surface area contributed by atoms with E-state index in [0.29, 0.717) is 38.5 Å². The molecular weight excluding hydrogens is 415 g/mol. The predicted molar refractivity (Wildman–Crippen MR) is 115 cm³/mol. The molecule has 1 N–H and O–H groups in total. The number of halogens is 2. The molecule has 1 amide bonds. The molecule has 0 unspecified atom stereocenters. The highest BCUT2D eigenvalue weighted by atomic mass is 35.5. The van der Waals surface area contributed by atoms with Crippen LogP contribution < -0.4 is 10.1 Å². The summed E-state index contributed by atoms with van der Waals surface area (Å²) in [6.07, 6.45) is 7.15. The number of rotatable bonds is 7. The standard InChI is InChI=1S/C21H22Cl2N2O2S/c1-2-3-6-9-27-19-16(22)10-13(11-17(19)23)20(26)25-21-15(12-24)14-7-4-5-8-18(14)28-21/h10-11H,2-9H2,1H3,(H,25,26). The van der Waals surface area contributed by atoms with Gasteiger partial charge in [0.05, 0.1) is 22.2 Å². The fourth-order valence-corrected chi connectivity index (χ4v) is 5.13. The average Bonchev–Trinajstić information content (AvgIpc) is 3.03. The highest BCUT2D eigenvalue weighted by molar-refractivity contribution is 7.16. The van der Waals surface area contributed by atoms with Gasteiger partial charge in [-0.1, -0.05) is 43.0 Å². The van der Waals surface area contributed by atoms with Crippen molar-refractivity contribution in [2.24, 2.45) is 0 Å². The van der Waals surface area contributed by atoms with E-state index in [1.54, 1.807) is 12.1 Å². The van der Waals surface area contributed by atoms with Crippen LogP contribution in [0.3, 0.4) is 0 Å². The van der Waals surface area contributed by atoms with Gasteiger partial charge in [-0.15, -0.1) is 11.3 Å². The van der Waals surface area contributed by atoms with Crippen molar-refractivity contribution in [3.8, 4) is 11.8 Å². The fraction of sp³-hybridized carbons (Fsp3) is 0.429. The molecule has 1 aromatic heterocycles. The second-order valence-electron chi connectivity index (χ2n) is 6.81. The number of carbonyl (C=O) groups is 1. The number of unbranched alkanes of at least 4 members (excludes halogenated alkanes) is 2. The third kappa shape index (κ3) is 4.63. The van der Waals surface area contributed by atoms with Gasteiger partial charge in [0.15, 0.2) is 5.75 Å².